The van der Waals surface area contributed by atoms with Crippen LogP contribution in [0.5, 0.6) is 5.75 Å². The summed E-state index contributed by atoms with van der Waals surface area (Å²) in [6, 6.07) is 3.78. The minimum absolute atomic E-state index is 0.0150. The third kappa shape index (κ3) is 19.9. The summed E-state index contributed by atoms with van der Waals surface area (Å²) < 4.78 is 0. The van der Waals surface area contributed by atoms with E-state index in [-0.39, 0.29) is 56.1 Å². The number of amides is 7. The van der Waals surface area contributed by atoms with Gasteiger partial charge in [0.2, 0.25) is 41.4 Å². The van der Waals surface area contributed by atoms with Crippen LogP contribution in [0.2, 0.25) is 0 Å². The van der Waals surface area contributed by atoms with E-state index in [4.69, 9.17) is 17.2 Å². The van der Waals surface area contributed by atoms with Gasteiger partial charge in [0.25, 0.3) is 0 Å². The van der Waals surface area contributed by atoms with Crippen molar-refractivity contribution in [3.63, 3.8) is 0 Å². The summed E-state index contributed by atoms with van der Waals surface area (Å²) in [5.41, 5.74) is 17.3. The lowest BCUT2D eigenvalue weighted by Gasteiger charge is -2.28. The molecular weight excluding hydrogens is 903 g/mol. The van der Waals surface area contributed by atoms with E-state index in [0.717, 1.165) is 0 Å². The number of rotatable bonds is 29. The molecule has 2 rings (SSSR count). The van der Waals surface area contributed by atoms with Crippen LogP contribution in [0.3, 0.4) is 0 Å². The summed E-state index contributed by atoms with van der Waals surface area (Å²) in [5, 5.41) is 57.2. The number of nitrogens with two attached hydrogens (primary N) is 3. The van der Waals surface area contributed by atoms with E-state index < -0.39 is 109 Å². The topological polar surface area (TPSA) is 392 Å². The van der Waals surface area contributed by atoms with Gasteiger partial charge in [-0.2, -0.15) is 24.4 Å². The minimum Gasteiger partial charge on any atom is -0.508 e. The van der Waals surface area contributed by atoms with Gasteiger partial charge >= 0.3 is 5.97 Å². The molecule has 0 heterocycles. The number of hydrogen-bond donors (Lipinski definition) is 15. The first-order valence-electron chi connectivity index (χ1n) is 20.6. The average molecular weight is 964 g/mol. The number of carboxylic acid groups (broad SMARTS) is 1. The molecular formula is C41H61N11O12S2. The van der Waals surface area contributed by atoms with Gasteiger partial charge in [0, 0.05) is 25.1 Å². The number of carboxylic acids is 1. The molecule has 0 bridgehead atoms. The number of aliphatic carboxylic acids is 1. The van der Waals surface area contributed by atoms with Gasteiger partial charge in [-0.1, -0.05) is 42.5 Å². The number of carbonyl (C=O) groups excluding carboxylic acids is 7. The Kier molecular flexibility index (Phi) is 24.9. The van der Waals surface area contributed by atoms with Gasteiger partial charge in [-0.25, -0.2) is 4.79 Å². The predicted octanol–water partition coefficient (Wildman–Crippen LogP) is -4.28. The molecule has 66 heavy (non-hydrogen) atoms. The van der Waals surface area contributed by atoms with Crippen LogP contribution in [-0.4, -0.2) is 160 Å². The number of phenolic OH excluding ortho intramolecular Hbond substituents is 1. The number of phenols is 1. The molecule has 23 nitrogen and oxygen atoms in total. The molecule has 0 spiro atoms. The van der Waals surface area contributed by atoms with Gasteiger partial charge in [0.15, 0.2) is 5.96 Å². The van der Waals surface area contributed by atoms with Gasteiger partial charge in [0.05, 0.1) is 19.3 Å². The standard InChI is InChI=1S/C41H61N11O12S2/c1-22(54)33(52-35(58)27(14-16-66-2)46-32(56)19-42)39(62)50-30(20-53)38(61)47-26(9-6-15-45-41(43)44)34(57)48-29(18-24-10-12-25(55)13-11-24)36(59)49-28(17-23-7-4-3-5-8-23)37(60)51-31(21-65)40(63)64/h3-5,7-8,10-13,22,26-31,33,53-55,65H,6,9,14-21,42H2,1-2H3,(H,46,56)(H,47,61)(H,48,57)(H,49,59)(H,50,62)(H,51,60)(H,52,58)(H,63,64)(H4,43,44,45)/t22-,26+,27+,28+,29+,30+,31+,33+/m1/s1. The summed E-state index contributed by atoms with van der Waals surface area (Å²) >= 11 is 5.38. The van der Waals surface area contributed by atoms with Gasteiger partial charge in [-0.05, 0) is 61.5 Å². The number of aromatic hydroxyl groups is 1. The fourth-order valence-corrected chi connectivity index (χ4v) is 6.77. The highest BCUT2D eigenvalue weighted by Crippen LogP contribution is 2.13. The van der Waals surface area contributed by atoms with Gasteiger partial charge < -0.3 is 74.8 Å². The Morgan fingerprint density at radius 2 is 1.17 bits per heavy atom. The highest BCUT2D eigenvalue weighted by Gasteiger charge is 2.35. The Hall–Kier alpha value is -6.15. The van der Waals surface area contributed by atoms with Crippen LogP contribution in [0.15, 0.2) is 59.6 Å². The van der Waals surface area contributed by atoms with E-state index in [1.54, 1.807) is 36.6 Å². The van der Waals surface area contributed by atoms with E-state index in [0.29, 0.717) is 16.9 Å². The first-order chi connectivity index (χ1) is 31.3. The second-order valence-electron chi connectivity index (χ2n) is 14.9. The number of hydrogen-bond acceptors (Lipinski definition) is 15. The molecule has 364 valence electrons. The number of nitrogens with one attached hydrogen (secondary N) is 7. The summed E-state index contributed by atoms with van der Waals surface area (Å²) in [6.07, 6.45) is -0.0556. The zero-order chi connectivity index (χ0) is 49.3. The number of benzene rings is 2. The summed E-state index contributed by atoms with van der Waals surface area (Å²) in [7, 11) is 0. The molecule has 2 aromatic carbocycles. The van der Waals surface area contributed by atoms with E-state index in [9.17, 15) is 58.8 Å². The molecule has 25 heteroatoms. The molecule has 8 atom stereocenters. The second kappa shape index (κ2) is 29.4. The molecule has 0 radical (unpaired) electrons. The zero-order valence-corrected chi connectivity index (χ0v) is 38.2. The van der Waals surface area contributed by atoms with Crippen LogP contribution >= 0.6 is 24.4 Å². The number of guanidine groups is 1. The number of thiol groups is 1. The maximum atomic E-state index is 14.2. The van der Waals surface area contributed by atoms with Crippen LogP contribution in [0, 0.1) is 0 Å². The minimum atomic E-state index is -1.77. The first kappa shape index (κ1) is 56.0. The number of aliphatic imine (C=N–C) groups is 1. The van der Waals surface area contributed by atoms with Gasteiger partial charge in [-0.3, -0.25) is 38.6 Å². The number of aliphatic hydroxyl groups excluding tert-OH is 2. The van der Waals surface area contributed by atoms with E-state index in [2.05, 4.69) is 54.8 Å². The smallest absolute Gasteiger partial charge is 0.327 e. The molecule has 0 aliphatic heterocycles. The maximum absolute atomic E-state index is 14.2. The number of carbonyl (C=O) groups is 8. The van der Waals surface area contributed by atoms with Gasteiger partial charge in [-0.15, -0.1) is 0 Å². The SMILES string of the molecule is CSCC[C@H](NC(=O)CN)C(=O)N[C@H](C(=O)N[C@@H](CO)C(=O)N[C@@H](CCCN=C(N)N)C(=O)N[C@@H](Cc1ccc(O)cc1)C(=O)N[C@@H](Cc1ccccc1)C(=O)N[C@@H](CS)C(=O)O)[C@@H](C)O. The lowest BCUT2D eigenvalue weighted by Crippen LogP contribution is -2.62. The zero-order valence-electron chi connectivity index (χ0n) is 36.5. The molecule has 0 aliphatic rings. The lowest BCUT2D eigenvalue weighted by atomic mass is 10.0. The highest BCUT2D eigenvalue weighted by molar-refractivity contribution is 7.98. The van der Waals surface area contributed by atoms with Crippen molar-refractivity contribution < 1.29 is 58.8 Å². The third-order valence-electron chi connectivity index (χ3n) is 9.63. The van der Waals surface area contributed by atoms with E-state index in [1.165, 1.54) is 43.0 Å². The third-order valence-corrected chi connectivity index (χ3v) is 10.6. The summed E-state index contributed by atoms with van der Waals surface area (Å²) in [6.45, 7) is -0.284. The number of thioether (sulfide) groups is 1. The van der Waals surface area contributed by atoms with Crippen molar-refractivity contribution in [3.8, 4) is 5.75 Å². The van der Waals surface area contributed by atoms with Crippen LogP contribution < -0.4 is 54.4 Å². The van der Waals surface area contributed by atoms with Crippen molar-refractivity contribution in [1.82, 2.24) is 37.2 Å². The molecule has 7 amide bonds. The van der Waals surface area contributed by atoms with Crippen molar-refractivity contribution in [2.75, 3.05) is 37.5 Å². The normalized spacial score (nSPS) is 14.5. The predicted molar refractivity (Wildman–Crippen MR) is 248 cm³/mol. The number of nitrogens with zero attached hydrogens (tertiary/aromatic N) is 1. The van der Waals surface area contributed by atoms with Crippen LogP contribution in [-0.2, 0) is 51.2 Å². The van der Waals surface area contributed by atoms with E-state index in [1.807, 2.05) is 0 Å². The Labute approximate surface area is 391 Å². The van der Waals surface area contributed by atoms with Crippen molar-refractivity contribution >= 4 is 77.7 Å². The lowest BCUT2D eigenvalue weighted by molar-refractivity contribution is -0.141. The van der Waals surface area contributed by atoms with Crippen LogP contribution in [0.25, 0.3) is 0 Å². The maximum Gasteiger partial charge on any atom is 0.327 e. The van der Waals surface area contributed by atoms with E-state index >= 15 is 0 Å². The van der Waals surface area contributed by atoms with Crippen LogP contribution in [0.1, 0.15) is 37.3 Å². The molecule has 0 aromatic heterocycles. The Morgan fingerprint density at radius 1 is 0.682 bits per heavy atom. The summed E-state index contributed by atoms with van der Waals surface area (Å²) in [4.78, 5) is 110. The molecule has 17 N–H and O–H groups in total. The quantitative estimate of drug-likeness (QED) is 0.0159. The molecule has 2 aromatic rings. The fourth-order valence-electron chi connectivity index (χ4n) is 6.06. The Morgan fingerprint density at radius 3 is 1.67 bits per heavy atom. The second-order valence-corrected chi connectivity index (χ2v) is 16.2. The van der Waals surface area contributed by atoms with Crippen molar-refractivity contribution in [2.24, 2.45) is 22.2 Å². The molecule has 0 unspecified atom stereocenters. The molecule has 0 saturated heterocycles. The van der Waals surface area contributed by atoms with Crippen molar-refractivity contribution in [2.45, 2.75) is 87.4 Å². The largest absolute Gasteiger partial charge is 0.508 e. The van der Waals surface area contributed by atoms with Gasteiger partial charge in [0.1, 0.15) is 48.0 Å². The summed E-state index contributed by atoms with van der Waals surface area (Å²) in [5.74, 6) is -7.98. The first-order valence-corrected chi connectivity index (χ1v) is 22.7. The van der Waals surface area contributed by atoms with Crippen molar-refractivity contribution in [3.05, 3.63) is 65.7 Å². The fraction of sp³-hybridized carbons (Fsp3) is 0.488. The van der Waals surface area contributed by atoms with Crippen LogP contribution in [0.4, 0.5) is 0 Å². The molecule has 0 saturated carbocycles. The Balaban J connectivity index is 2.45. The highest BCUT2D eigenvalue weighted by atomic mass is 32.2. The molecule has 0 aliphatic carbocycles. The Bertz CT molecular complexity index is 1960. The average Bonchev–Trinajstić information content (AvgIpc) is 3.28. The van der Waals surface area contributed by atoms with Crippen molar-refractivity contribution in [1.29, 1.82) is 0 Å². The molecule has 0 fully saturated rings. The number of aliphatic hydroxyl groups is 2. The monoisotopic (exact) mass is 963 g/mol.